The van der Waals surface area contributed by atoms with Gasteiger partial charge in [0.05, 0.1) is 53.1 Å². The summed E-state index contributed by atoms with van der Waals surface area (Å²) >= 11 is 19.3. The normalized spacial score (nSPS) is 27.2. The monoisotopic (exact) mass is 737 g/mol. The number of aromatic hydroxyl groups is 1. The van der Waals surface area contributed by atoms with Gasteiger partial charge in [0, 0.05) is 17.5 Å². The average molecular weight is 739 g/mol. The number of carbonyl (C=O) groups excluding carboxylic acids is 4. The number of hydrogen-bond donors (Lipinski definition) is 2. The second kappa shape index (κ2) is 12.8. The SMILES string of the molecule is CCCN1C(=O)C2CC=C3C(CC4C(=O)N(Nc5ccc(Cl)cc5Cl)C(=O)C4(c4ccc(OC)cc4)C3c3cc(Cl)c(O)c(OC)c3)C2C1=O. The zero-order valence-electron chi connectivity index (χ0n) is 27.4. The number of rotatable bonds is 8. The summed E-state index contributed by atoms with van der Waals surface area (Å²) in [5.41, 5.74) is 3.45. The number of allylic oxidation sites excluding steroid dienone is 2. The molecule has 50 heavy (non-hydrogen) atoms. The number of hydrogen-bond acceptors (Lipinski definition) is 8. The van der Waals surface area contributed by atoms with Crippen LogP contribution in [0.5, 0.6) is 17.2 Å². The standard InChI is InChI=1S/C37H34Cl3N3O7/c1-4-13-42-33(45)23-11-10-22-24(30(23)35(42)47)17-25-34(46)43(41-28-12-7-20(38)16-26(28)39)36(48)37(25,19-5-8-21(49-2)9-6-19)31(22)18-14-27(40)32(44)29(15-18)50-3/h5-10,12,14-16,23-25,30-31,41,44H,4,11,13,17H2,1-3H3. The van der Waals surface area contributed by atoms with Crippen molar-refractivity contribution in [2.45, 2.75) is 37.5 Å². The Morgan fingerprint density at radius 2 is 1.64 bits per heavy atom. The molecule has 10 nitrogen and oxygen atoms in total. The van der Waals surface area contributed by atoms with E-state index >= 15 is 4.79 Å². The largest absolute Gasteiger partial charge is 0.503 e. The molecule has 2 aliphatic heterocycles. The summed E-state index contributed by atoms with van der Waals surface area (Å²) in [4.78, 5) is 59.1. The Morgan fingerprint density at radius 1 is 0.900 bits per heavy atom. The molecule has 2 aliphatic carbocycles. The molecule has 3 aromatic carbocycles. The first-order valence-electron chi connectivity index (χ1n) is 16.3. The van der Waals surface area contributed by atoms with E-state index in [1.165, 1.54) is 25.2 Å². The van der Waals surface area contributed by atoms with E-state index in [1.807, 2.05) is 13.0 Å². The molecule has 2 N–H and O–H groups in total. The highest BCUT2D eigenvalue weighted by molar-refractivity contribution is 6.36. The minimum absolute atomic E-state index is 0.0156. The lowest BCUT2D eigenvalue weighted by atomic mass is 9.49. The summed E-state index contributed by atoms with van der Waals surface area (Å²) in [7, 11) is 2.92. The summed E-state index contributed by atoms with van der Waals surface area (Å²) in [5, 5.41) is 12.3. The number of imide groups is 2. The molecule has 0 aromatic heterocycles. The minimum atomic E-state index is -1.58. The van der Waals surface area contributed by atoms with Crippen LogP contribution in [0.1, 0.15) is 43.2 Å². The average Bonchev–Trinajstić information content (AvgIpc) is 3.47. The molecule has 2 heterocycles. The molecule has 3 aromatic rings. The van der Waals surface area contributed by atoms with Gasteiger partial charge in [-0.1, -0.05) is 65.5 Å². The molecule has 6 atom stereocenters. The van der Waals surface area contributed by atoms with E-state index in [-0.39, 0.29) is 51.9 Å². The van der Waals surface area contributed by atoms with Crippen molar-refractivity contribution >= 4 is 64.1 Å². The first-order valence-corrected chi connectivity index (χ1v) is 17.5. The van der Waals surface area contributed by atoms with Gasteiger partial charge in [0.25, 0.3) is 11.8 Å². The van der Waals surface area contributed by atoms with E-state index < -0.39 is 46.8 Å². The molecule has 2 saturated heterocycles. The molecule has 260 valence electrons. The van der Waals surface area contributed by atoms with Gasteiger partial charge in [0.1, 0.15) is 5.75 Å². The van der Waals surface area contributed by atoms with Crippen LogP contribution in [0.2, 0.25) is 15.1 Å². The van der Waals surface area contributed by atoms with Crippen LogP contribution in [0.15, 0.2) is 66.2 Å². The molecule has 0 radical (unpaired) electrons. The Morgan fingerprint density at radius 3 is 2.30 bits per heavy atom. The second-order valence-corrected chi connectivity index (χ2v) is 14.3. The second-order valence-electron chi connectivity index (χ2n) is 13.1. The number of fused-ring (bicyclic) bond motifs is 4. The van der Waals surface area contributed by atoms with Crippen LogP contribution in [-0.2, 0) is 24.6 Å². The van der Waals surface area contributed by atoms with Crippen LogP contribution >= 0.6 is 34.8 Å². The maximum Gasteiger partial charge on any atom is 0.260 e. The van der Waals surface area contributed by atoms with E-state index in [0.717, 1.165) is 10.6 Å². The number of ether oxygens (including phenoxy) is 2. The number of halogens is 3. The Labute approximate surface area is 303 Å². The topological polar surface area (TPSA) is 125 Å². The number of nitrogens with one attached hydrogen (secondary N) is 1. The van der Waals surface area contributed by atoms with Crippen LogP contribution in [0.4, 0.5) is 5.69 Å². The first-order chi connectivity index (χ1) is 24.0. The highest BCUT2D eigenvalue weighted by atomic mass is 35.5. The Balaban J connectivity index is 1.49. The summed E-state index contributed by atoms with van der Waals surface area (Å²) < 4.78 is 11.0. The van der Waals surface area contributed by atoms with E-state index in [2.05, 4.69) is 5.43 Å². The molecule has 4 amide bonds. The Bertz CT molecular complexity index is 1970. The molecule has 3 fully saturated rings. The first kappa shape index (κ1) is 34.2. The molecule has 0 bridgehead atoms. The highest BCUT2D eigenvalue weighted by Gasteiger charge is 2.70. The van der Waals surface area contributed by atoms with Gasteiger partial charge in [0.2, 0.25) is 11.8 Å². The number of amides is 4. The van der Waals surface area contributed by atoms with Gasteiger partial charge in [0.15, 0.2) is 11.5 Å². The van der Waals surface area contributed by atoms with Gasteiger partial charge < -0.3 is 14.6 Å². The molecule has 4 aliphatic rings. The molecule has 1 saturated carbocycles. The van der Waals surface area contributed by atoms with Crippen molar-refractivity contribution in [2.75, 3.05) is 26.2 Å². The van der Waals surface area contributed by atoms with Crippen LogP contribution in [0.25, 0.3) is 0 Å². The maximum atomic E-state index is 15.3. The van der Waals surface area contributed by atoms with Crippen LogP contribution < -0.4 is 14.9 Å². The number of anilines is 1. The fourth-order valence-corrected chi connectivity index (χ4v) is 9.31. The van der Waals surface area contributed by atoms with Crippen molar-refractivity contribution in [3.63, 3.8) is 0 Å². The van der Waals surface area contributed by atoms with Crippen LogP contribution in [0, 0.1) is 23.7 Å². The number of carbonyl (C=O) groups is 4. The lowest BCUT2D eigenvalue weighted by Gasteiger charge is -2.50. The smallest absolute Gasteiger partial charge is 0.260 e. The summed E-state index contributed by atoms with van der Waals surface area (Å²) in [6.45, 7) is 2.21. The van der Waals surface area contributed by atoms with Gasteiger partial charge >= 0.3 is 0 Å². The van der Waals surface area contributed by atoms with Crippen LogP contribution in [-0.4, -0.2) is 59.4 Å². The molecular formula is C37H34Cl3N3O7. The van der Waals surface area contributed by atoms with Gasteiger partial charge in [-0.25, -0.2) is 0 Å². The van der Waals surface area contributed by atoms with Gasteiger partial charge in [-0.2, -0.15) is 5.01 Å². The minimum Gasteiger partial charge on any atom is -0.503 e. The van der Waals surface area contributed by atoms with Crippen LogP contribution in [0.3, 0.4) is 0 Å². The highest BCUT2D eigenvalue weighted by Crippen LogP contribution is 2.64. The van der Waals surface area contributed by atoms with E-state index in [4.69, 9.17) is 44.3 Å². The summed E-state index contributed by atoms with van der Waals surface area (Å²) in [5.74, 6) is -4.95. The molecule has 0 spiro atoms. The number of likely N-dealkylation sites (tertiary alicyclic amines) is 1. The number of hydrazine groups is 1. The van der Waals surface area contributed by atoms with Gasteiger partial charge in [-0.05, 0) is 78.8 Å². The number of phenolic OH excluding ortho intramolecular Hbond substituents is 1. The van der Waals surface area contributed by atoms with Crippen molar-refractivity contribution in [1.29, 1.82) is 0 Å². The fourth-order valence-electron chi connectivity index (χ4n) is 8.64. The third kappa shape index (κ3) is 4.98. The van der Waals surface area contributed by atoms with Crippen molar-refractivity contribution in [3.8, 4) is 17.2 Å². The van der Waals surface area contributed by atoms with Crippen molar-refractivity contribution < 1.29 is 33.8 Å². The Hall–Kier alpha value is -4.25. The lowest BCUT2D eigenvalue weighted by Crippen LogP contribution is -2.53. The molecule has 13 heteroatoms. The van der Waals surface area contributed by atoms with E-state index in [0.29, 0.717) is 34.9 Å². The maximum absolute atomic E-state index is 15.3. The fraction of sp³-hybridized carbons (Fsp3) is 0.351. The lowest BCUT2D eigenvalue weighted by molar-refractivity contribution is -0.141. The number of nitrogens with zero attached hydrogens (tertiary/aromatic N) is 2. The number of phenols is 1. The zero-order valence-corrected chi connectivity index (χ0v) is 29.7. The third-order valence-electron chi connectivity index (χ3n) is 10.7. The molecule has 7 rings (SSSR count). The van der Waals surface area contributed by atoms with Gasteiger partial charge in [-0.3, -0.25) is 29.5 Å². The summed E-state index contributed by atoms with van der Waals surface area (Å²) in [6, 6.07) is 14.8. The Kier molecular flexibility index (Phi) is 8.77. The predicted octanol–water partition coefficient (Wildman–Crippen LogP) is 6.76. The van der Waals surface area contributed by atoms with Crippen molar-refractivity contribution in [3.05, 3.63) is 92.4 Å². The molecular weight excluding hydrogens is 705 g/mol. The van der Waals surface area contributed by atoms with Crippen molar-refractivity contribution in [1.82, 2.24) is 9.91 Å². The van der Waals surface area contributed by atoms with Crippen molar-refractivity contribution in [2.24, 2.45) is 23.7 Å². The quantitative estimate of drug-likeness (QED) is 0.192. The van der Waals surface area contributed by atoms with E-state index in [1.54, 1.807) is 48.5 Å². The number of methoxy groups -OCH3 is 2. The van der Waals surface area contributed by atoms with Gasteiger partial charge in [-0.15, -0.1) is 0 Å². The molecule has 6 unspecified atom stereocenters. The van der Waals surface area contributed by atoms with E-state index in [9.17, 15) is 19.5 Å². The zero-order chi connectivity index (χ0) is 35.6. The predicted molar refractivity (Wildman–Crippen MR) is 187 cm³/mol. The summed E-state index contributed by atoms with van der Waals surface area (Å²) in [6.07, 6.45) is 2.97. The third-order valence-corrected chi connectivity index (χ3v) is 11.6. The number of benzene rings is 3.